The van der Waals surface area contributed by atoms with Crippen molar-refractivity contribution >= 4 is 11.6 Å². The van der Waals surface area contributed by atoms with Crippen LogP contribution in [0.25, 0.3) is 5.65 Å². The van der Waals surface area contributed by atoms with Gasteiger partial charge in [-0.05, 0) is 60.6 Å². The maximum absolute atomic E-state index is 11.8. The van der Waals surface area contributed by atoms with Crippen molar-refractivity contribution in [3.63, 3.8) is 0 Å². The molecule has 5 rings (SSSR count). The molecule has 1 saturated heterocycles. The third-order valence-electron chi connectivity index (χ3n) is 6.45. The molecular formula is C23H26N4O4. The smallest absolute Gasteiger partial charge is 0.337 e. The van der Waals surface area contributed by atoms with E-state index >= 15 is 0 Å². The van der Waals surface area contributed by atoms with E-state index in [4.69, 9.17) is 9.47 Å². The van der Waals surface area contributed by atoms with Gasteiger partial charge in [-0.3, -0.25) is 4.90 Å². The molecular weight excluding hydrogens is 396 g/mol. The van der Waals surface area contributed by atoms with Gasteiger partial charge in [-0.1, -0.05) is 6.07 Å². The number of carbonyl (C=O) groups is 1. The lowest BCUT2D eigenvalue weighted by atomic mass is 9.78. The number of methoxy groups -OCH3 is 1. The number of aliphatic hydroxyl groups is 1. The quantitative estimate of drug-likeness (QED) is 0.631. The van der Waals surface area contributed by atoms with Crippen LogP contribution in [0.4, 0.5) is 0 Å². The Kier molecular flexibility index (Phi) is 5.33. The van der Waals surface area contributed by atoms with Crippen molar-refractivity contribution < 1.29 is 19.4 Å². The summed E-state index contributed by atoms with van der Waals surface area (Å²) in [7, 11) is 1.36. The van der Waals surface area contributed by atoms with Gasteiger partial charge in [0.1, 0.15) is 18.2 Å². The van der Waals surface area contributed by atoms with Crippen molar-refractivity contribution in [2.75, 3.05) is 20.2 Å². The van der Waals surface area contributed by atoms with Gasteiger partial charge in [-0.25, -0.2) is 14.3 Å². The Morgan fingerprint density at radius 1 is 1.19 bits per heavy atom. The van der Waals surface area contributed by atoms with E-state index in [9.17, 15) is 9.90 Å². The van der Waals surface area contributed by atoms with Crippen LogP contribution in [0.3, 0.4) is 0 Å². The highest BCUT2D eigenvalue weighted by molar-refractivity contribution is 5.89. The van der Waals surface area contributed by atoms with Crippen molar-refractivity contribution in [3.8, 4) is 5.75 Å². The Bertz CT molecular complexity index is 1080. The first kappa shape index (κ1) is 20.0. The summed E-state index contributed by atoms with van der Waals surface area (Å²) >= 11 is 0. The molecule has 8 heteroatoms. The zero-order chi connectivity index (χ0) is 21.4. The van der Waals surface area contributed by atoms with Crippen LogP contribution in [0.2, 0.25) is 0 Å². The number of benzene rings is 1. The lowest BCUT2D eigenvalue weighted by Crippen LogP contribution is -2.42. The number of aromatic nitrogens is 3. The van der Waals surface area contributed by atoms with E-state index in [0.717, 1.165) is 38.1 Å². The van der Waals surface area contributed by atoms with E-state index in [1.165, 1.54) is 12.7 Å². The van der Waals surface area contributed by atoms with Gasteiger partial charge in [0.2, 0.25) is 0 Å². The van der Waals surface area contributed by atoms with E-state index in [2.05, 4.69) is 27.1 Å². The largest absolute Gasteiger partial charge is 0.488 e. The summed E-state index contributed by atoms with van der Waals surface area (Å²) in [5.74, 6) is 1.13. The third kappa shape index (κ3) is 4.13. The van der Waals surface area contributed by atoms with Crippen LogP contribution in [0.5, 0.6) is 5.75 Å². The normalized spacial score (nSPS) is 26.0. The molecule has 1 saturated carbocycles. The molecule has 0 unspecified atom stereocenters. The molecule has 4 atom stereocenters. The number of pyridine rings is 1. The Morgan fingerprint density at radius 2 is 2.03 bits per heavy atom. The molecule has 2 aliphatic rings. The number of carbonyl (C=O) groups excluding carboxylic acids is 1. The SMILES string of the molecule is COC(=O)c1cccc(O[C@@H]2C[C@@H]3CN(Cc4ccn5ncnc5c4)C[C@@H]3C[C@H]2O)c1. The van der Waals surface area contributed by atoms with Crippen LogP contribution in [-0.2, 0) is 11.3 Å². The van der Waals surface area contributed by atoms with Gasteiger partial charge in [-0.15, -0.1) is 0 Å². The number of aliphatic hydroxyl groups excluding tert-OH is 1. The summed E-state index contributed by atoms with van der Waals surface area (Å²) in [6.45, 7) is 2.82. The molecule has 2 aromatic heterocycles. The number of ether oxygens (including phenoxy) is 2. The van der Waals surface area contributed by atoms with Gasteiger partial charge in [0.25, 0.3) is 0 Å². The Hall–Kier alpha value is -2.97. The van der Waals surface area contributed by atoms with E-state index in [1.807, 2.05) is 12.3 Å². The van der Waals surface area contributed by atoms with Gasteiger partial charge in [0.05, 0.1) is 18.8 Å². The average Bonchev–Trinajstić information content (AvgIpc) is 3.39. The van der Waals surface area contributed by atoms with Crippen LogP contribution in [0.15, 0.2) is 48.9 Å². The summed E-state index contributed by atoms with van der Waals surface area (Å²) in [6.07, 6.45) is 4.24. The molecule has 162 valence electrons. The van der Waals surface area contributed by atoms with Crippen molar-refractivity contribution in [2.45, 2.75) is 31.6 Å². The predicted molar refractivity (Wildman–Crippen MR) is 113 cm³/mol. The molecule has 1 aliphatic heterocycles. The number of hydrogen-bond donors (Lipinski definition) is 1. The molecule has 8 nitrogen and oxygen atoms in total. The lowest BCUT2D eigenvalue weighted by molar-refractivity contribution is -0.0231. The Balaban J connectivity index is 1.23. The summed E-state index contributed by atoms with van der Waals surface area (Å²) in [4.78, 5) is 18.5. The Labute approximate surface area is 180 Å². The van der Waals surface area contributed by atoms with E-state index < -0.39 is 12.1 Å². The molecule has 31 heavy (non-hydrogen) atoms. The first-order valence-electron chi connectivity index (χ1n) is 10.6. The molecule has 3 heterocycles. The van der Waals surface area contributed by atoms with E-state index in [1.54, 1.807) is 29.0 Å². The van der Waals surface area contributed by atoms with Crippen molar-refractivity contribution in [1.82, 2.24) is 19.5 Å². The minimum Gasteiger partial charge on any atom is -0.488 e. The number of hydrogen-bond acceptors (Lipinski definition) is 7. The number of rotatable bonds is 5. The summed E-state index contributed by atoms with van der Waals surface area (Å²) < 4.78 is 12.7. The molecule has 0 spiro atoms. The molecule has 3 aromatic rings. The molecule has 1 aromatic carbocycles. The van der Waals surface area contributed by atoms with Crippen LogP contribution in [-0.4, -0.2) is 63.0 Å². The predicted octanol–water partition coefficient (Wildman–Crippen LogP) is 2.17. The first-order valence-corrected chi connectivity index (χ1v) is 10.6. The summed E-state index contributed by atoms with van der Waals surface area (Å²) in [5.41, 5.74) is 2.51. The lowest BCUT2D eigenvalue weighted by Gasteiger charge is -2.35. The highest BCUT2D eigenvalue weighted by Gasteiger charge is 2.42. The minimum atomic E-state index is -0.518. The molecule has 0 radical (unpaired) electrons. The molecule has 1 N–H and O–H groups in total. The maximum atomic E-state index is 11.8. The van der Waals surface area contributed by atoms with Crippen molar-refractivity contribution in [2.24, 2.45) is 11.8 Å². The molecule has 1 aliphatic carbocycles. The maximum Gasteiger partial charge on any atom is 0.337 e. The second-order valence-electron chi connectivity index (χ2n) is 8.53. The van der Waals surface area contributed by atoms with Gasteiger partial charge in [0, 0.05) is 25.8 Å². The first-order chi connectivity index (χ1) is 15.1. The monoisotopic (exact) mass is 422 g/mol. The Morgan fingerprint density at radius 3 is 2.87 bits per heavy atom. The number of nitrogens with zero attached hydrogens (tertiary/aromatic N) is 4. The topological polar surface area (TPSA) is 89.2 Å². The fraction of sp³-hybridized carbons (Fsp3) is 0.435. The highest BCUT2D eigenvalue weighted by Crippen LogP contribution is 2.38. The zero-order valence-electron chi connectivity index (χ0n) is 17.4. The van der Waals surface area contributed by atoms with Crippen LogP contribution in [0, 0.1) is 11.8 Å². The standard InChI is InChI=1S/C23H26N4O4/c1-30-23(29)16-3-2-4-19(8-16)31-21-10-18-13-26(12-17(18)9-20(21)28)11-15-5-6-27-22(7-15)24-14-25-27/h2-8,14,17-18,20-21,28H,9-13H2,1H3/t17-,18+,20+,21+/m0/s1. The zero-order valence-corrected chi connectivity index (χ0v) is 17.4. The summed E-state index contributed by atoms with van der Waals surface area (Å²) in [5, 5.41) is 14.9. The van der Waals surface area contributed by atoms with Gasteiger partial charge in [-0.2, -0.15) is 5.10 Å². The second kappa shape index (κ2) is 8.28. The van der Waals surface area contributed by atoms with Crippen LogP contribution < -0.4 is 4.74 Å². The van der Waals surface area contributed by atoms with Crippen LogP contribution in [0.1, 0.15) is 28.8 Å². The number of likely N-dealkylation sites (tertiary alicyclic amines) is 1. The van der Waals surface area contributed by atoms with Gasteiger partial charge < -0.3 is 14.6 Å². The van der Waals surface area contributed by atoms with Crippen molar-refractivity contribution in [1.29, 1.82) is 0 Å². The molecule has 0 amide bonds. The molecule has 0 bridgehead atoms. The fourth-order valence-electron chi connectivity index (χ4n) is 4.95. The summed E-state index contributed by atoms with van der Waals surface area (Å²) in [6, 6.07) is 11.1. The highest BCUT2D eigenvalue weighted by atomic mass is 16.5. The van der Waals surface area contributed by atoms with Crippen LogP contribution >= 0.6 is 0 Å². The van der Waals surface area contributed by atoms with E-state index in [-0.39, 0.29) is 6.10 Å². The number of esters is 1. The molecule has 2 fully saturated rings. The van der Waals surface area contributed by atoms with E-state index in [0.29, 0.717) is 23.1 Å². The fourth-order valence-corrected chi connectivity index (χ4v) is 4.95. The van der Waals surface area contributed by atoms with Crippen molar-refractivity contribution in [3.05, 3.63) is 60.0 Å². The minimum absolute atomic E-state index is 0.276. The second-order valence-corrected chi connectivity index (χ2v) is 8.53. The third-order valence-corrected chi connectivity index (χ3v) is 6.45. The van der Waals surface area contributed by atoms with Gasteiger partial charge in [0.15, 0.2) is 5.65 Å². The average molecular weight is 422 g/mol. The number of fused-ring (bicyclic) bond motifs is 2. The van der Waals surface area contributed by atoms with Gasteiger partial charge >= 0.3 is 5.97 Å².